The fraction of sp³-hybridized carbons (Fsp3) is 0.333. The minimum absolute atomic E-state index is 0.0174. The number of aryl methyl sites for hydroxylation is 1. The monoisotopic (exact) mass is 445 g/mol. The maximum atomic E-state index is 12.8. The van der Waals surface area contributed by atoms with Gasteiger partial charge in [0.25, 0.3) is 5.91 Å². The molecule has 3 heterocycles. The predicted octanol–water partition coefficient (Wildman–Crippen LogP) is 2.44. The average Bonchev–Trinajstić information content (AvgIpc) is 3.14. The number of carbonyl (C=O) groups excluding carboxylic acids is 1. The molecule has 2 unspecified atom stereocenters. The number of nitrogens with zero attached hydrogens (tertiary/aromatic N) is 5. The number of rotatable bonds is 3. The van der Waals surface area contributed by atoms with Crippen molar-refractivity contribution in [2.75, 3.05) is 25.0 Å². The smallest absolute Gasteiger partial charge is 0.270 e. The van der Waals surface area contributed by atoms with E-state index in [1.807, 2.05) is 31.4 Å². The van der Waals surface area contributed by atoms with Gasteiger partial charge in [0.1, 0.15) is 11.4 Å². The summed E-state index contributed by atoms with van der Waals surface area (Å²) in [6.45, 7) is 6.09. The van der Waals surface area contributed by atoms with Gasteiger partial charge in [0, 0.05) is 68.0 Å². The Morgan fingerprint density at radius 1 is 1.12 bits per heavy atom. The Kier molecular flexibility index (Phi) is 5.13. The third-order valence-electron chi connectivity index (χ3n) is 6.02. The molecule has 1 amide bonds. The van der Waals surface area contributed by atoms with Gasteiger partial charge in [-0.1, -0.05) is 0 Å². The van der Waals surface area contributed by atoms with Crippen LogP contribution in [0.25, 0.3) is 33.2 Å². The van der Waals surface area contributed by atoms with Gasteiger partial charge in [0.15, 0.2) is 5.82 Å². The highest BCUT2D eigenvalue weighted by molar-refractivity contribution is 6.05. The van der Waals surface area contributed by atoms with Crippen LogP contribution in [0.1, 0.15) is 24.3 Å². The largest absolute Gasteiger partial charge is 0.507 e. The lowest BCUT2D eigenvalue weighted by molar-refractivity contribution is 0.0960. The zero-order chi connectivity index (χ0) is 23.3. The summed E-state index contributed by atoms with van der Waals surface area (Å²) in [5.41, 5.74) is 3.08. The summed E-state index contributed by atoms with van der Waals surface area (Å²) in [5.74, 6) is 0.00938. The van der Waals surface area contributed by atoms with E-state index in [9.17, 15) is 9.90 Å². The van der Waals surface area contributed by atoms with E-state index in [-0.39, 0.29) is 17.4 Å². The molecule has 1 saturated heterocycles. The van der Waals surface area contributed by atoms with Crippen molar-refractivity contribution >= 4 is 33.4 Å². The van der Waals surface area contributed by atoms with Gasteiger partial charge in [0.05, 0.1) is 16.6 Å². The van der Waals surface area contributed by atoms with E-state index in [2.05, 4.69) is 39.5 Å². The molecular weight excluding hydrogens is 418 g/mol. The minimum atomic E-state index is -0.301. The molecule has 9 heteroatoms. The Morgan fingerprint density at radius 3 is 2.61 bits per heavy atom. The molecule has 0 saturated carbocycles. The molecule has 5 rings (SSSR count). The molecule has 4 aromatic rings. The van der Waals surface area contributed by atoms with Gasteiger partial charge in [-0.15, -0.1) is 0 Å². The zero-order valence-corrected chi connectivity index (χ0v) is 19.1. The fourth-order valence-electron chi connectivity index (χ4n) is 4.63. The van der Waals surface area contributed by atoms with Crippen molar-refractivity contribution in [1.29, 1.82) is 0 Å². The number of phenols is 1. The number of hydrogen-bond acceptors (Lipinski definition) is 7. The SMILES string of the molecule is CNC(=O)c1nc(-c2cc3cn(C)nc3cc2O)nc2ccc(N3CC(C)NC(C)C3)cc12. The third kappa shape index (κ3) is 3.84. The summed E-state index contributed by atoms with van der Waals surface area (Å²) in [6, 6.07) is 10.1. The lowest BCUT2D eigenvalue weighted by atomic mass is 10.1. The van der Waals surface area contributed by atoms with Crippen molar-refractivity contribution in [3.63, 3.8) is 0 Å². The van der Waals surface area contributed by atoms with Gasteiger partial charge in [-0.25, -0.2) is 9.97 Å². The van der Waals surface area contributed by atoms with Crippen LogP contribution in [-0.2, 0) is 7.05 Å². The number of carbonyl (C=O) groups is 1. The van der Waals surface area contributed by atoms with Crippen LogP contribution in [0.5, 0.6) is 5.75 Å². The van der Waals surface area contributed by atoms with Crippen LogP contribution >= 0.6 is 0 Å². The molecule has 0 radical (unpaired) electrons. The molecule has 0 aliphatic carbocycles. The van der Waals surface area contributed by atoms with Gasteiger partial charge in [-0.3, -0.25) is 9.48 Å². The summed E-state index contributed by atoms with van der Waals surface area (Å²) in [4.78, 5) is 24.4. The van der Waals surface area contributed by atoms with Crippen molar-refractivity contribution in [3.8, 4) is 17.1 Å². The number of amides is 1. The molecule has 9 nitrogen and oxygen atoms in total. The first kappa shape index (κ1) is 21.1. The third-order valence-corrected chi connectivity index (χ3v) is 6.02. The van der Waals surface area contributed by atoms with Crippen molar-refractivity contribution in [2.24, 2.45) is 7.05 Å². The van der Waals surface area contributed by atoms with E-state index in [0.717, 1.165) is 24.2 Å². The van der Waals surface area contributed by atoms with E-state index in [1.165, 1.54) is 0 Å². The first-order chi connectivity index (χ1) is 15.8. The second-order valence-corrected chi connectivity index (χ2v) is 8.78. The minimum Gasteiger partial charge on any atom is -0.507 e. The Hall–Kier alpha value is -3.72. The van der Waals surface area contributed by atoms with Crippen LogP contribution in [0.3, 0.4) is 0 Å². The highest BCUT2D eigenvalue weighted by atomic mass is 16.3. The average molecular weight is 446 g/mol. The second-order valence-electron chi connectivity index (χ2n) is 8.78. The molecule has 0 spiro atoms. The summed E-state index contributed by atoms with van der Waals surface area (Å²) >= 11 is 0. The summed E-state index contributed by atoms with van der Waals surface area (Å²) in [5, 5.41) is 22.7. The quantitative estimate of drug-likeness (QED) is 0.444. The Labute approximate surface area is 191 Å². The molecule has 1 fully saturated rings. The van der Waals surface area contributed by atoms with Gasteiger partial charge in [-0.05, 0) is 38.1 Å². The molecule has 2 aromatic carbocycles. The van der Waals surface area contributed by atoms with Crippen LogP contribution < -0.4 is 15.5 Å². The van der Waals surface area contributed by atoms with Crippen LogP contribution in [0.2, 0.25) is 0 Å². The molecule has 3 N–H and O–H groups in total. The molecule has 33 heavy (non-hydrogen) atoms. The molecule has 170 valence electrons. The maximum Gasteiger partial charge on any atom is 0.270 e. The van der Waals surface area contributed by atoms with E-state index in [1.54, 1.807) is 23.9 Å². The number of aromatic hydroxyl groups is 1. The molecule has 2 atom stereocenters. The number of piperazine rings is 1. The standard InChI is InChI=1S/C24H27N7O2/c1-13-10-31(11-14(2)26-13)16-5-6-19-17(8-16)22(24(33)25-3)28-23(27-19)18-7-15-12-30(4)29-20(15)9-21(18)32/h5-9,12-14,26,32H,10-11H2,1-4H3,(H,25,33). The topological polar surface area (TPSA) is 108 Å². The Morgan fingerprint density at radius 2 is 1.88 bits per heavy atom. The van der Waals surface area contributed by atoms with Gasteiger partial charge in [-0.2, -0.15) is 5.10 Å². The van der Waals surface area contributed by atoms with Gasteiger partial charge in [0.2, 0.25) is 0 Å². The van der Waals surface area contributed by atoms with E-state index >= 15 is 0 Å². The van der Waals surface area contributed by atoms with Crippen LogP contribution in [0.15, 0.2) is 36.5 Å². The lowest BCUT2D eigenvalue weighted by Gasteiger charge is -2.37. The second kappa shape index (κ2) is 8.00. The van der Waals surface area contributed by atoms with Crippen molar-refractivity contribution in [3.05, 3.63) is 42.2 Å². The number of aromatic nitrogens is 4. The van der Waals surface area contributed by atoms with Gasteiger partial charge < -0.3 is 20.6 Å². The van der Waals surface area contributed by atoms with Gasteiger partial charge >= 0.3 is 0 Å². The molecule has 0 bridgehead atoms. The van der Waals surface area contributed by atoms with Crippen molar-refractivity contribution < 1.29 is 9.90 Å². The van der Waals surface area contributed by atoms with E-state index < -0.39 is 0 Å². The van der Waals surface area contributed by atoms with Crippen LogP contribution in [0, 0.1) is 0 Å². The van der Waals surface area contributed by atoms with E-state index in [0.29, 0.717) is 39.9 Å². The summed E-state index contributed by atoms with van der Waals surface area (Å²) in [7, 11) is 3.41. The van der Waals surface area contributed by atoms with E-state index in [4.69, 9.17) is 4.98 Å². The predicted molar refractivity (Wildman–Crippen MR) is 129 cm³/mol. The number of hydrogen-bond donors (Lipinski definition) is 3. The summed E-state index contributed by atoms with van der Waals surface area (Å²) in [6.07, 6.45) is 1.86. The number of anilines is 1. The van der Waals surface area contributed by atoms with Crippen LogP contribution in [0.4, 0.5) is 5.69 Å². The molecular formula is C24H27N7O2. The van der Waals surface area contributed by atoms with Crippen molar-refractivity contribution in [2.45, 2.75) is 25.9 Å². The first-order valence-electron chi connectivity index (χ1n) is 11.0. The highest BCUT2D eigenvalue weighted by Gasteiger charge is 2.23. The Bertz CT molecular complexity index is 1370. The number of nitrogens with one attached hydrogen (secondary N) is 2. The number of benzene rings is 2. The van der Waals surface area contributed by atoms with Crippen LogP contribution in [-0.4, -0.2) is 63.0 Å². The highest BCUT2D eigenvalue weighted by Crippen LogP contribution is 2.33. The number of phenolic OH excluding ortho intramolecular Hbond substituents is 1. The normalized spacial score (nSPS) is 18.7. The fourth-order valence-corrected chi connectivity index (χ4v) is 4.63. The summed E-state index contributed by atoms with van der Waals surface area (Å²) < 4.78 is 1.68. The Balaban J connectivity index is 1.65. The molecule has 2 aromatic heterocycles. The zero-order valence-electron chi connectivity index (χ0n) is 19.1. The number of fused-ring (bicyclic) bond motifs is 2. The van der Waals surface area contributed by atoms with Crippen molar-refractivity contribution in [1.82, 2.24) is 30.4 Å². The molecule has 1 aliphatic heterocycles. The molecule has 1 aliphatic rings. The first-order valence-corrected chi connectivity index (χ1v) is 11.0. The lowest BCUT2D eigenvalue weighted by Crippen LogP contribution is -2.54. The maximum absolute atomic E-state index is 12.8.